The summed E-state index contributed by atoms with van der Waals surface area (Å²) in [5.74, 6) is 0.613. The van der Waals surface area contributed by atoms with E-state index in [2.05, 4.69) is 20.5 Å². The second-order valence-electron chi connectivity index (χ2n) is 4.82. The Hall–Kier alpha value is -1.89. The van der Waals surface area contributed by atoms with Gasteiger partial charge in [0.05, 0.1) is 5.60 Å². The van der Waals surface area contributed by atoms with Crippen LogP contribution < -0.4 is 11.0 Å². The van der Waals surface area contributed by atoms with Crippen LogP contribution in [0.4, 0.5) is 5.82 Å². The van der Waals surface area contributed by atoms with E-state index < -0.39 is 5.60 Å². The van der Waals surface area contributed by atoms with Crippen molar-refractivity contribution in [2.45, 2.75) is 31.3 Å². The average molecular weight is 249 g/mol. The van der Waals surface area contributed by atoms with E-state index in [4.69, 9.17) is 0 Å². The summed E-state index contributed by atoms with van der Waals surface area (Å²) in [5.41, 5.74) is -0.423. The van der Waals surface area contributed by atoms with Crippen LogP contribution in [0.5, 0.6) is 0 Å². The molecular formula is C11H15N5O2. The number of rotatable bonds is 3. The number of nitrogens with one attached hydrogen (secondary N) is 2. The van der Waals surface area contributed by atoms with Gasteiger partial charge in [-0.05, 0) is 12.8 Å². The van der Waals surface area contributed by atoms with Gasteiger partial charge in [-0.2, -0.15) is 5.10 Å². The van der Waals surface area contributed by atoms with Crippen molar-refractivity contribution in [3.63, 3.8) is 0 Å². The number of hydrogen-bond donors (Lipinski definition) is 3. The first kappa shape index (κ1) is 11.2. The number of aromatic amines is 1. The molecule has 7 nitrogen and oxygen atoms in total. The summed E-state index contributed by atoms with van der Waals surface area (Å²) in [7, 11) is 0. The second-order valence-corrected chi connectivity index (χ2v) is 4.82. The molecule has 3 rings (SSSR count). The highest BCUT2D eigenvalue weighted by atomic mass is 16.3. The normalized spacial score (nSPS) is 18.3. The third kappa shape index (κ3) is 1.97. The maximum Gasteiger partial charge on any atom is 0.348 e. The summed E-state index contributed by atoms with van der Waals surface area (Å²) in [6.45, 7) is 0.477. The van der Waals surface area contributed by atoms with Crippen LogP contribution in [0.2, 0.25) is 0 Å². The summed E-state index contributed by atoms with van der Waals surface area (Å²) in [6.07, 6.45) is 5.20. The molecule has 0 unspecified atom stereocenters. The fourth-order valence-electron chi connectivity index (χ4n) is 2.37. The monoisotopic (exact) mass is 249 g/mol. The van der Waals surface area contributed by atoms with Crippen molar-refractivity contribution in [3.05, 3.63) is 22.9 Å². The molecule has 0 amide bonds. The molecule has 0 spiro atoms. The van der Waals surface area contributed by atoms with Crippen LogP contribution >= 0.6 is 0 Å². The van der Waals surface area contributed by atoms with Crippen LogP contribution in [-0.2, 0) is 0 Å². The third-order valence-corrected chi connectivity index (χ3v) is 3.44. The Morgan fingerprint density at radius 2 is 2.28 bits per heavy atom. The van der Waals surface area contributed by atoms with E-state index in [9.17, 15) is 9.90 Å². The molecule has 1 aliphatic rings. The van der Waals surface area contributed by atoms with Gasteiger partial charge in [-0.25, -0.2) is 19.3 Å². The van der Waals surface area contributed by atoms with Crippen molar-refractivity contribution in [2.75, 3.05) is 11.9 Å². The summed E-state index contributed by atoms with van der Waals surface area (Å²) in [4.78, 5) is 15.4. The molecule has 1 saturated carbocycles. The van der Waals surface area contributed by atoms with Crippen molar-refractivity contribution in [1.82, 2.24) is 19.6 Å². The van der Waals surface area contributed by atoms with Gasteiger partial charge >= 0.3 is 5.69 Å². The SMILES string of the molecule is O=c1[nH]nc2cc(NCC3(O)CCCC3)ncn12. The van der Waals surface area contributed by atoms with Crippen molar-refractivity contribution >= 4 is 11.5 Å². The number of aliphatic hydroxyl groups is 1. The van der Waals surface area contributed by atoms with Gasteiger partial charge in [-0.1, -0.05) is 12.8 Å². The largest absolute Gasteiger partial charge is 0.388 e. The molecule has 1 fully saturated rings. The Morgan fingerprint density at radius 1 is 1.50 bits per heavy atom. The van der Waals surface area contributed by atoms with Crippen molar-refractivity contribution in [2.24, 2.45) is 0 Å². The highest BCUT2D eigenvalue weighted by Crippen LogP contribution is 2.29. The average Bonchev–Trinajstić information content (AvgIpc) is 2.95. The van der Waals surface area contributed by atoms with E-state index in [0.717, 1.165) is 25.7 Å². The Labute approximate surface area is 103 Å². The fourth-order valence-corrected chi connectivity index (χ4v) is 2.37. The Morgan fingerprint density at radius 3 is 3.06 bits per heavy atom. The van der Waals surface area contributed by atoms with E-state index >= 15 is 0 Å². The fraction of sp³-hybridized carbons (Fsp3) is 0.545. The maximum atomic E-state index is 11.3. The lowest BCUT2D eigenvalue weighted by atomic mass is 10.0. The molecule has 0 bridgehead atoms. The lowest BCUT2D eigenvalue weighted by Crippen LogP contribution is -2.33. The van der Waals surface area contributed by atoms with Crippen molar-refractivity contribution in [1.29, 1.82) is 0 Å². The van der Waals surface area contributed by atoms with Crippen LogP contribution in [-0.4, -0.2) is 36.8 Å². The number of nitrogens with zero attached hydrogens (tertiary/aromatic N) is 3. The smallest absolute Gasteiger partial charge is 0.348 e. The highest BCUT2D eigenvalue weighted by Gasteiger charge is 2.30. The van der Waals surface area contributed by atoms with Gasteiger partial charge in [0.2, 0.25) is 0 Å². The Bertz CT molecular complexity index is 611. The Balaban J connectivity index is 1.76. The summed E-state index contributed by atoms with van der Waals surface area (Å²) < 4.78 is 1.33. The molecule has 0 saturated heterocycles. The first-order valence-corrected chi connectivity index (χ1v) is 6.05. The van der Waals surface area contributed by atoms with E-state index in [-0.39, 0.29) is 5.69 Å². The number of H-pyrrole nitrogens is 1. The number of hydrogen-bond acceptors (Lipinski definition) is 5. The number of aromatic nitrogens is 4. The summed E-state index contributed by atoms with van der Waals surface area (Å²) in [5, 5.41) is 19.5. The third-order valence-electron chi connectivity index (χ3n) is 3.44. The zero-order valence-electron chi connectivity index (χ0n) is 9.89. The van der Waals surface area contributed by atoms with E-state index in [0.29, 0.717) is 18.0 Å². The summed E-state index contributed by atoms with van der Waals surface area (Å²) >= 11 is 0. The topological polar surface area (TPSA) is 95.3 Å². The second kappa shape index (κ2) is 4.09. The molecule has 2 aromatic heterocycles. The van der Waals surface area contributed by atoms with Crippen LogP contribution in [0.1, 0.15) is 25.7 Å². The number of fused-ring (bicyclic) bond motifs is 1. The molecule has 2 aromatic rings. The molecule has 0 aromatic carbocycles. The first-order valence-electron chi connectivity index (χ1n) is 6.05. The standard InChI is InChI=1S/C11H15N5O2/c17-10-15-14-9-5-8(13-7-16(9)10)12-6-11(18)3-1-2-4-11/h5,7,12,18H,1-4,6H2,(H,15,17). The number of anilines is 1. The molecule has 1 aliphatic carbocycles. The molecule has 0 aliphatic heterocycles. The van der Waals surface area contributed by atoms with Gasteiger partial charge in [0, 0.05) is 12.6 Å². The molecule has 3 N–H and O–H groups in total. The van der Waals surface area contributed by atoms with E-state index in [1.807, 2.05) is 0 Å². The van der Waals surface area contributed by atoms with Gasteiger partial charge in [0.15, 0.2) is 5.65 Å². The van der Waals surface area contributed by atoms with Gasteiger partial charge < -0.3 is 10.4 Å². The molecule has 18 heavy (non-hydrogen) atoms. The molecule has 7 heteroatoms. The molecule has 96 valence electrons. The Kier molecular flexibility index (Phi) is 2.55. The van der Waals surface area contributed by atoms with Gasteiger partial charge in [-0.15, -0.1) is 0 Å². The molecular weight excluding hydrogens is 234 g/mol. The predicted octanol–water partition coefficient (Wildman–Crippen LogP) is 0.135. The van der Waals surface area contributed by atoms with Crippen LogP contribution in [0.25, 0.3) is 5.65 Å². The van der Waals surface area contributed by atoms with Crippen molar-refractivity contribution < 1.29 is 5.11 Å². The van der Waals surface area contributed by atoms with Crippen LogP contribution in [0.3, 0.4) is 0 Å². The highest BCUT2D eigenvalue weighted by molar-refractivity contribution is 5.48. The zero-order valence-corrected chi connectivity index (χ0v) is 9.89. The van der Waals surface area contributed by atoms with Crippen LogP contribution in [0, 0.1) is 0 Å². The van der Waals surface area contributed by atoms with Crippen LogP contribution in [0.15, 0.2) is 17.2 Å². The van der Waals surface area contributed by atoms with E-state index in [1.165, 1.54) is 10.7 Å². The first-order chi connectivity index (χ1) is 8.66. The molecule has 0 radical (unpaired) electrons. The lowest BCUT2D eigenvalue weighted by Gasteiger charge is -2.22. The zero-order chi connectivity index (χ0) is 12.6. The quantitative estimate of drug-likeness (QED) is 0.719. The van der Waals surface area contributed by atoms with E-state index in [1.54, 1.807) is 6.07 Å². The maximum absolute atomic E-state index is 11.3. The predicted molar refractivity (Wildman–Crippen MR) is 65.5 cm³/mol. The van der Waals surface area contributed by atoms with Gasteiger partial charge in [0.25, 0.3) is 0 Å². The van der Waals surface area contributed by atoms with Gasteiger partial charge in [-0.3, -0.25) is 0 Å². The van der Waals surface area contributed by atoms with Crippen molar-refractivity contribution in [3.8, 4) is 0 Å². The summed E-state index contributed by atoms with van der Waals surface area (Å²) in [6, 6.07) is 1.68. The minimum atomic E-state index is -0.626. The molecule has 0 atom stereocenters. The minimum absolute atomic E-state index is 0.307. The molecule has 2 heterocycles. The lowest BCUT2D eigenvalue weighted by molar-refractivity contribution is 0.0614. The minimum Gasteiger partial charge on any atom is -0.388 e. The van der Waals surface area contributed by atoms with Gasteiger partial charge in [0.1, 0.15) is 12.1 Å².